The van der Waals surface area contributed by atoms with E-state index in [0.717, 1.165) is 12.0 Å². The molecule has 0 bridgehead atoms. The fourth-order valence-corrected chi connectivity index (χ4v) is 3.06. The summed E-state index contributed by atoms with van der Waals surface area (Å²) >= 11 is 0. The number of hydrogen-bond donors (Lipinski definition) is 1. The molecule has 1 heteroatoms. The average Bonchev–Trinajstić information content (AvgIpc) is 2.23. The van der Waals surface area contributed by atoms with Crippen molar-refractivity contribution in [1.29, 1.82) is 0 Å². The normalized spacial score (nSPS) is 35.2. The van der Waals surface area contributed by atoms with Crippen LogP contribution < -0.4 is 5.32 Å². The van der Waals surface area contributed by atoms with E-state index in [1.807, 2.05) is 0 Å². The summed E-state index contributed by atoms with van der Waals surface area (Å²) in [5.41, 5.74) is 0. The fraction of sp³-hybridized carbons (Fsp3) is 1.00. The van der Waals surface area contributed by atoms with Crippen LogP contribution in [-0.2, 0) is 0 Å². The van der Waals surface area contributed by atoms with Crippen LogP contribution in [0.5, 0.6) is 0 Å². The van der Waals surface area contributed by atoms with Gasteiger partial charge in [0.25, 0.3) is 0 Å². The first-order valence-corrected chi connectivity index (χ1v) is 7.20. The Morgan fingerprint density at radius 1 is 0.600 bits per heavy atom. The quantitative estimate of drug-likeness (QED) is 0.638. The van der Waals surface area contributed by atoms with E-state index in [0.29, 0.717) is 0 Å². The van der Waals surface area contributed by atoms with Crippen LogP contribution in [0.2, 0.25) is 0 Å². The molecule has 1 saturated heterocycles. The molecular formula is C14H27N. The topological polar surface area (TPSA) is 12.0 Å². The third-order valence-corrected chi connectivity index (χ3v) is 4.33. The molecule has 1 aliphatic carbocycles. The number of fused-ring (bicyclic) bond motifs is 1. The predicted molar refractivity (Wildman–Crippen MR) is 66.1 cm³/mol. The number of nitrogens with one attached hydrogen (secondary N) is 1. The molecule has 0 amide bonds. The minimum Gasteiger partial charge on any atom is -0.314 e. The van der Waals surface area contributed by atoms with Crippen molar-refractivity contribution in [3.05, 3.63) is 0 Å². The lowest BCUT2D eigenvalue weighted by atomic mass is 9.76. The zero-order valence-electron chi connectivity index (χ0n) is 10.1. The molecule has 2 aliphatic rings. The monoisotopic (exact) mass is 209 g/mol. The van der Waals surface area contributed by atoms with Crippen LogP contribution in [0.1, 0.15) is 70.6 Å². The Kier molecular flexibility index (Phi) is 4.98. The predicted octanol–water partition coefficient (Wildman–Crippen LogP) is 3.88. The summed E-state index contributed by atoms with van der Waals surface area (Å²) in [4.78, 5) is 0. The molecular weight excluding hydrogens is 182 g/mol. The molecule has 2 fully saturated rings. The van der Waals surface area contributed by atoms with Gasteiger partial charge < -0.3 is 5.32 Å². The molecule has 88 valence electrons. The highest BCUT2D eigenvalue weighted by atomic mass is 14.9. The Morgan fingerprint density at radius 2 is 1.27 bits per heavy atom. The molecule has 0 aromatic heterocycles. The Balaban J connectivity index is 1.69. The lowest BCUT2D eigenvalue weighted by Gasteiger charge is -2.37. The molecule has 0 radical (unpaired) electrons. The van der Waals surface area contributed by atoms with Crippen molar-refractivity contribution >= 4 is 0 Å². The molecule has 0 aromatic carbocycles. The van der Waals surface area contributed by atoms with E-state index in [1.54, 1.807) is 0 Å². The van der Waals surface area contributed by atoms with Crippen LogP contribution in [0.3, 0.4) is 0 Å². The smallest absolute Gasteiger partial charge is 0.00954 e. The molecule has 2 rings (SSSR count). The van der Waals surface area contributed by atoms with Crippen molar-refractivity contribution in [2.45, 2.75) is 76.7 Å². The summed E-state index contributed by atoms with van der Waals surface area (Å²) in [6.07, 6.45) is 16.2. The second-order valence-electron chi connectivity index (χ2n) is 5.52. The first-order chi connectivity index (χ1) is 7.47. The maximum Gasteiger partial charge on any atom is 0.00954 e. The molecule has 15 heavy (non-hydrogen) atoms. The minimum absolute atomic E-state index is 0.894. The first kappa shape index (κ1) is 11.4. The average molecular weight is 209 g/mol. The van der Waals surface area contributed by atoms with Gasteiger partial charge in [-0.15, -0.1) is 0 Å². The molecule has 1 aliphatic heterocycles. The van der Waals surface area contributed by atoms with Gasteiger partial charge in [0.1, 0.15) is 0 Å². The molecule has 0 aromatic rings. The number of rotatable bonds is 0. The van der Waals surface area contributed by atoms with E-state index < -0.39 is 0 Å². The highest BCUT2D eigenvalue weighted by Crippen LogP contribution is 2.32. The highest BCUT2D eigenvalue weighted by molar-refractivity contribution is 4.86. The van der Waals surface area contributed by atoms with Gasteiger partial charge in [-0.2, -0.15) is 0 Å². The van der Waals surface area contributed by atoms with Gasteiger partial charge >= 0.3 is 0 Å². The van der Waals surface area contributed by atoms with Gasteiger partial charge in [-0.1, -0.05) is 44.9 Å². The lowest BCUT2D eigenvalue weighted by molar-refractivity contribution is 0.192. The van der Waals surface area contributed by atoms with Crippen LogP contribution in [0.15, 0.2) is 0 Å². The Bertz CT molecular complexity index is 149. The van der Waals surface area contributed by atoms with Crippen LogP contribution in [0, 0.1) is 5.92 Å². The van der Waals surface area contributed by atoms with Crippen molar-refractivity contribution in [2.24, 2.45) is 5.92 Å². The largest absolute Gasteiger partial charge is 0.314 e. The van der Waals surface area contributed by atoms with Crippen LogP contribution in [0.4, 0.5) is 0 Å². The van der Waals surface area contributed by atoms with E-state index in [2.05, 4.69) is 5.32 Å². The van der Waals surface area contributed by atoms with Crippen molar-refractivity contribution in [3.63, 3.8) is 0 Å². The maximum absolute atomic E-state index is 3.76. The summed E-state index contributed by atoms with van der Waals surface area (Å²) < 4.78 is 0. The van der Waals surface area contributed by atoms with E-state index in [-0.39, 0.29) is 0 Å². The fourth-order valence-electron chi connectivity index (χ4n) is 3.06. The van der Waals surface area contributed by atoms with Crippen LogP contribution in [0.25, 0.3) is 0 Å². The number of hydrogen-bond acceptors (Lipinski definition) is 1. The van der Waals surface area contributed by atoms with Gasteiger partial charge in [-0.25, -0.2) is 0 Å². The van der Waals surface area contributed by atoms with Gasteiger partial charge in [0.15, 0.2) is 0 Å². The van der Waals surface area contributed by atoms with Crippen molar-refractivity contribution in [1.82, 2.24) is 5.32 Å². The molecule has 1 saturated carbocycles. The first-order valence-electron chi connectivity index (χ1n) is 7.20. The Labute approximate surface area is 95.0 Å². The van der Waals surface area contributed by atoms with Gasteiger partial charge in [0.05, 0.1) is 0 Å². The van der Waals surface area contributed by atoms with Crippen molar-refractivity contribution in [3.8, 4) is 0 Å². The SMILES string of the molecule is C1CCCCCC2CCC2NCCCC1. The molecule has 2 atom stereocenters. The van der Waals surface area contributed by atoms with Crippen LogP contribution >= 0.6 is 0 Å². The summed E-state index contributed by atoms with van der Waals surface area (Å²) in [6.45, 7) is 1.28. The van der Waals surface area contributed by atoms with Crippen molar-refractivity contribution < 1.29 is 0 Å². The zero-order valence-corrected chi connectivity index (χ0v) is 10.1. The van der Waals surface area contributed by atoms with Crippen LogP contribution in [-0.4, -0.2) is 12.6 Å². The second-order valence-corrected chi connectivity index (χ2v) is 5.52. The summed E-state index contributed by atoms with van der Waals surface area (Å²) in [5, 5.41) is 3.76. The van der Waals surface area contributed by atoms with Gasteiger partial charge in [-0.05, 0) is 38.1 Å². The Morgan fingerprint density at radius 3 is 1.93 bits per heavy atom. The van der Waals surface area contributed by atoms with Gasteiger partial charge in [0, 0.05) is 6.04 Å². The standard InChI is InChI=1S/C14H27N/c1-2-4-6-8-12-15-14-11-10-13(14)9-7-5-3-1/h13-15H,1-12H2. The van der Waals surface area contributed by atoms with E-state index in [9.17, 15) is 0 Å². The summed E-state index contributed by atoms with van der Waals surface area (Å²) in [5.74, 6) is 1.03. The lowest BCUT2D eigenvalue weighted by Crippen LogP contribution is -2.44. The summed E-state index contributed by atoms with van der Waals surface area (Å²) in [6, 6.07) is 0.894. The molecule has 2 unspecified atom stereocenters. The molecule has 1 heterocycles. The third kappa shape index (κ3) is 3.79. The highest BCUT2D eigenvalue weighted by Gasteiger charge is 2.29. The van der Waals surface area contributed by atoms with Gasteiger partial charge in [-0.3, -0.25) is 0 Å². The van der Waals surface area contributed by atoms with E-state index >= 15 is 0 Å². The molecule has 1 nitrogen and oxygen atoms in total. The maximum atomic E-state index is 3.76. The molecule has 1 N–H and O–H groups in total. The van der Waals surface area contributed by atoms with E-state index in [4.69, 9.17) is 0 Å². The summed E-state index contributed by atoms with van der Waals surface area (Å²) in [7, 11) is 0. The van der Waals surface area contributed by atoms with E-state index in [1.165, 1.54) is 77.2 Å². The molecule has 0 spiro atoms. The minimum atomic E-state index is 0.894. The second kappa shape index (κ2) is 6.52. The van der Waals surface area contributed by atoms with Crippen molar-refractivity contribution in [2.75, 3.05) is 6.54 Å². The van der Waals surface area contributed by atoms with Gasteiger partial charge in [0.2, 0.25) is 0 Å². The Hall–Kier alpha value is -0.0400. The third-order valence-electron chi connectivity index (χ3n) is 4.33. The zero-order chi connectivity index (χ0) is 10.3.